The van der Waals surface area contributed by atoms with E-state index in [0.29, 0.717) is 24.7 Å². The van der Waals surface area contributed by atoms with Crippen molar-refractivity contribution in [2.45, 2.75) is 57.4 Å². The molecule has 1 aromatic heterocycles. The Hall–Kier alpha value is -2.18. The van der Waals surface area contributed by atoms with Gasteiger partial charge in [0.15, 0.2) is 0 Å². The lowest BCUT2D eigenvalue weighted by atomic mass is 9.77. The van der Waals surface area contributed by atoms with Gasteiger partial charge in [0, 0.05) is 37.4 Å². The third kappa shape index (κ3) is 3.04. The first-order valence-corrected chi connectivity index (χ1v) is 9.69. The van der Waals surface area contributed by atoms with E-state index in [1.807, 2.05) is 0 Å². The second-order valence-electron chi connectivity index (χ2n) is 7.97. The molecule has 1 atom stereocenters. The van der Waals surface area contributed by atoms with E-state index in [4.69, 9.17) is 0 Å². The van der Waals surface area contributed by atoms with E-state index in [1.54, 1.807) is 4.90 Å². The summed E-state index contributed by atoms with van der Waals surface area (Å²) in [5, 5.41) is 0. The summed E-state index contributed by atoms with van der Waals surface area (Å²) in [6.07, 6.45) is 10.1. The third-order valence-electron chi connectivity index (χ3n) is 6.37. The standard InChI is InChI=1S/C19H26N4O3/c24-16(10-14-11-20-13-21-17(14)25)22-9-7-19(12-22)6-3-8-23(18(19)26)15-4-1-2-5-15/h11,13,15H,1-10,12H2,(H,20,21,25)/t19-/m0/s1. The Balaban J connectivity index is 1.45. The van der Waals surface area contributed by atoms with Gasteiger partial charge in [-0.25, -0.2) is 4.98 Å². The maximum absolute atomic E-state index is 13.2. The first-order valence-electron chi connectivity index (χ1n) is 9.69. The van der Waals surface area contributed by atoms with Crippen molar-refractivity contribution in [1.29, 1.82) is 0 Å². The molecule has 3 aliphatic rings. The number of nitrogens with one attached hydrogen (secondary N) is 1. The van der Waals surface area contributed by atoms with Crippen LogP contribution >= 0.6 is 0 Å². The van der Waals surface area contributed by atoms with Crippen molar-refractivity contribution in [2.75, 3.05) is 19.6 Å². The fourth-order valence-electron chi connectivity index (χ4n) is 4.90. The van der Waals surface area contributed by atoms with Gasteiger partial charge in [-0.1, -0.05) is 12.8 Å². The quantitative estimate of drug-likeness (QED) is 0.876. The van der Waals surface area contributed by atoms with Crippen LogP contribution in [0.25, 0.3) is 0 Å². The van der Waals surface area contributed by atoms with Crippen LogP contribution in [0.3, 0.4) is 0 Å². The SMILES string of the molecule is O=C(Cc1cnc[nH]c1=O)N1CC[C@@]2(CCCN(C3CCCC3)C2=O)C1. The fourth-order valence-corrected chi connectivity index (χ4v) is 4.90. The lowest BCUT2D eigenvalue weighted by Gasteiger charge is -2.42. The number of H-pyrrole nitrogens is 1. The number of aromatic amines is 1. The molecule has 2 amide bonds. The number of amides is 2. The van der Waals surface area contributed by atoms with Crippen LogP contribution in [0.15, 0.2) is 17.3 Å². The molecule has 7 heteroatoms. The predicted molar refractivity (Wildman–Crippen MR) is 95.4 cm³/mol. The molecule has 7 nitrogen and oxygen atoms in total. The maximum Gasteiger partial charge on any atom is 0.254 e. The van der Waals surface area contributed by atoms with E-state index in [2.05, 4.69) is 14.9 Å². The summed E-state index contributed by atoms with van der Waals surface area (Å²) >= 11 is 0. The van der Waals surface area contributed by atoms with E-state index < -0.39 is 5.41 Å². The molecular weight excluding hydrogens is 332 g/mol. The first-order chi connectivity index (χ1) is 12.6. The molecule has 26 heavy (non-hydrogen) atoms. The van der Waals surface area contributed by atoms with Crippen molar-refractivity contribution < 1.29 is 9.59 Å². The second-order valence-corrected chi connectivity index (χ2v) is 7.97. The van der Waals surface area contributed by atoms with Crippen LogP contribution in [0.2, 0.25) is 0 Å². The van der Waals surface area contributed by atoms with Crippen molar-refractivity contribution in [3.8, 4) is 0 Å². The molecule has 140 valence electrons. The van der Waals surface area contributed by atoms with Crippen LogP contribution < -0.4 is 5.56 Å². The Bertz CT molecular complexity index is 755. The number of likely N-dealkylation sites (tertiary alicyclic amines) is 2. The zero-order valence-electron chi connectivity index (χ0n) is 15.1. The van der Waals surface area contributed by atoms with E-state index >= 15 is 0 Å². The molecule has 2 saturated heterocycles. The molecule has 3 heterocycles. The average molecular weight is 358 g/mol. The van der Waals surface area contributed by atoms with Crippen LogP contribution in [0.4, 0.5) is 0 Å². The van der Waals surface area contributed by atoms with Gasteiger partial charge in [-0.2, -0.15) is 0 Å². The maximum atomic E-state index is 13.2. The fraction of sp³-hybridized carbons (Fsp3) is 0.684. The van der Waals surface area contributed by atoms with Gasteiger partial charge in [-0.05, 0) is 32.1 Å². The second kappa shape index (κ2) is 6.85. The van der Waals surface area contributed by atoms with Crippen molar-refractivity contribution in [3.05, 3.63) is 28.4 Å². The first kappa shape index (κ1) is 17.2. The highest BCUT2D eigenvalue weighted by Crippen LogP contribution is 2.42. The molecule has 3 fully saturated rings. The zero-order valence-corrected chi connectivity index (χ0v) is 15.1. The number of carbonyl (C=O) groups is 2. The van der Waals surface area contributed by atoms with E-state index in [1.165, 1.54) is 25.4 Å². The van der Waals surface area contributed by atoms with Crippen LogP contribution in [-0.2, 0) is 16.0 Å². The number of rotatable bonds is 3. The molecule has 1 saturated carbocycles. The highest BCUT2D eigenvalue weighted by Gasteiger charge is 2.50. The lowest BCUT2D eigenvalue weighted by molar-refractivity contribution is -0.148. The smallest absolute Gasteiger partial charge is 0.254 e. The summed E-state index contributed by atoms with van der Waals surface area (Å²) in [6.45, 7) is 1.96. The normalized spacial score (nSPS) is 26.8. The van der Waals surface area contributed by atoms with Crippen molar-refractivity contribution in [2.24, 2.45) is 5.41 Å². The molecule has 0 unspecified atom stereocenters. The number of piperidine rings is 1. The van der Waals surface area contributed by atoms with Gasteiger partial charge in [-0.3, -0.25) is 14.4 Å². The summed E-state index contributed by atoms with van der Waals surface area (Å²) in [4.78, 5) is 47.9. The van der Waals surface area contributed by atoms with Crippen LogP contribution in [0, 0.1) is 5.41 Å². The molecule has 1 aliphatic carbocycles. The summed E-state index contributed by atoms with van der Waals surface area (Å²) in [7, 11) is 0. The van der Waals surface area contributed by atoms with Crippen molar-refractivity contribution in [3.63, 3.8) is 0 Å². The van der Waals surface area contributed by atoms with E-state index in [0.717, 1.165) is 38.6 Å². The highest BCUT2D eigenvalue weighted by atomic mass is 16.2. The van der Waals surface area contributed by atoms with Crippen LogP contribution in [0.1, 0.15) is 50.5 Å². The lowest BCUT2D eigenvalue weighted by Crippen LogP contribution is -2.53. The Morgan fingerprint density at radius 3 is 2.77 bits per heavy atom. The summed E-state index contributed by atoms with van der Waals surface area (Å²) in [6, 6.07) is 0.401. The zero-order chi connectivity index (χ0) is 18.1. The highest BCUT2D eigenvalue weighted by molar-refractivity contribution is 5.86. The Morgan fingerprint density at radius 2 is 2.00 bits per heavy atom. The molecule has 0 radical (unpaired) electrons. The Labute approximate surface area is 152 Å². The number of hydrogen-bond donors (Lipinski definition) is 1. The number of hydrogen-bond acceptors (Lipinski definition) is 4. The monoisotopic (exact) mass is 358 g/mol. The minimum Gasteiger partial charge on any atom is -0.341 e. The van der Waals surface area contributed by atoms with Gasteiger partial charge in [0.2, 0.25) is 11.8 Å². The topological polar surface area (TPSA) is 86.4 Å². The molecule has 1 aromatic rings. The summed E-state index contributed by atoms with van der Waals surface area (Å²) in [5.41, 5.74) is -0.304. The van der Waals surface area contributed by atoms with E-state index in [9.17, 15) is 14.4 Å². The van der Waals surface area contributed by atoms with Gasteiger partial charge >= 0.3 is 0 Å². The summed E-state index contributed by atoms with van der Waals surface area (Å²) < 4.78 is 0. The Morgan fingerprint density at radius 1 is 1.19 bits per heavy atom. The molecule has 0 bridgehead atoms. The van der Waals surface area contributed by atoms with Crippen LogP contribution in [0.5, 0.6) is 0 Å². The number of carbonyl (C=O) groups excluding carboxylic acids is 2. The predicted octanol–water partition coefficient (Wildman–Crippen LogP) is 1.10. The number of aromatic nitrogens is 2. The largest absolute Gasteiger partial charge is 0.341 e. The van der Waals surface area contributed by atoms with Gasteiger partial charge in [0.05, 0.1) is 18.2 Å². The molecule has 2 aliphatic heterocycles. The van der Waals surface area contributed by atoms with Gasteiger partial charge in [0.1, 0.15) is 0 Å². The molecule has 4 rings (SSSR count). The molecular formula is C19H26N4O3. The van der Waals surface area contributed by atoms with Gasteiger partial charge in [-0.15, -0.1) is 0 Å². The third-order valence-corrected chi connectivity index (χ3v) is 6.37. The van der Waals surface area contributed by atoms with E-state index in [-0.39, 0.29) is 23.8 Å². The number of nitrogens with zero attached hydrogens (tertiary/aromatic N) is 3. The minimum absolute atomic E-state index is 0.0415. The average Bonchev–Trinajstić information content (AvgIpc) is 3.30. The molecule has 0 aromatic carbocycles. The van der Waals surface area contributed by atoms with Gasteiger partial charge < -0.3 is 14.8 Å². The minimum atomic E-state index is -0.405. The van der Waals surface area contributed by atoms with Gasteiger partial charge in [0.25, 0.3) is 5.56 Å². The molecule has 1 spiro atoms. The van der Waals surface area contributed by atoms with Crippen molar-refractivity contribution in [1.82, 2.24) is 19.8 Å². The van der Waals surface area contributed by atoms with Crippen molar-refractivity contribution >= 4 is 11.8 Å². The van der Waals surface area contributed by atoms with Crippen LogP contribution in [-0.4, -0.2) is 57.3 Å². The Kier molecular flexibility index (Phi) is 4.54. The molecule has 1 N–H and O–H groups in total. The summed E-state index contributed by atoms with van der Waals surface area (Å²) in [5.74, 6) is 0.163.